The normalized spacial score (nSPS) is 16.0. The van der Waals surface area contributed by atoms with E-state index in [1.165, 1.54) is 22.8 Å². The highest BCUT2D eigenvalue weighted by Gasteiger charge is 2.29. The average molecular weight is 476 g/mol. The van der Waals surface area contributed by atoms with Gasteiger partial charge in [0.15, 0.2) is 0 Å². The van der Waals surface area contributed by atoms with Crippen LogP contribution in [-0.4, -0.2) is 49.3 Å². The van der Waals surface area contributed by atoms with Gasteiger partial charge in [0.05, 0.1) is 23.5 Å². The van der Waals surface area contributed by atoms with E-state index in [4.69, 9.17) is 12.3 Å². The second kappa shape index (κ2) is 8.60. The Morgan fingerprint density at radius 3 is 2.74 bits per heavy atom. The number of amides is 1. The van der Waals surface area contributed by atoms with Crippen LogP contribution in [0, 0.1) is 25.1 Å². The number of imidazole rings is 1. The number of rotatable bonds is 3. The van der Waals surface area contributed by atoms with E-state index < -0.39 is 11.6 Å². The fourth-order valence-electron chi connectivity index (χ4n) is 4.60. The van der Waals surface area contributed by atoms with Crippen LogP contribution in [0.3, 0.4) is 0 Å². The van der Waals surface area contributed by atoms with Crippen LogP contribution < -0.4 is 5.73 Å². The molecular formula is C25H23F2N7O. The van der Waals surface area contributed by atoms with Gasteiger partial charge in [0.1, 0.15) is 23.2 Å². The zero-order valence-corrected chi connectivity index (χ0v) is 19.3. The SMILES string of the molecule is [C-]#[N+]c1ccc(-c2nc(C(=O)N3CCC[C@@H](N)C3)c(C)n2-c2cc3cn(C)nc3cc2F)cc1F. The number of hydrogen-bond acceptors (Lipinski definition) is 4. The van der Waals surface area contributed by atoms with Crippen molar-refractivity contribution >= 4 is 22.5 Å². The number of piperidine rings is 1. The Labute approximate surface area is 200 Å². The summed E-state index contributed by atoms with van der Waals surface area (Å²) in [6.07, 6.45) is 3.39. The van der Waals surface area contributed by atoms with E-state index in [1.807, 2.05) is 0 Å². The minimum absolute atomic E-state index is 0.116. The third kappa shape index (κ3) is 3.94. The lowest BCUT2D eigenvalue weighted by Crippen LogP contribution is -2.46. The zero-order valence-electron chi connectivity index (χ0n) is 19.3. The van der Waals surface area contributed by atoms with E-state index in [-0.39, 0.29) is 34.8 Å². The Kier molecular flexibility index (Phi) is 5.57. The van der Waals surface area contributed by atoms with Crippen molar-refractivity contribution in [1.82, 2.24) is 24.2 Å². The second-order valence-electron chi connectivity index (χ2n) is 8.80. The van der Waals surface area contributed by atoms with Crippen LogP contribution in [0.1, 0.15) is 29.0 Å². The third-order valence-electron chi connectivity index (χ3n) is 6.31. The largest absolute Gasteiger partial charge is 0.336 e. The molecule has 2 N–H and O–H groups in total. The molecule has 0 bridgehead atoms. The molecule has 0 aliphatic carbocycles. The molecule has 8 nitrogen and oxygen atoms in total. The van der Waals surface area contributed by atoms with Crippen LogP contribution >= 0.6 is 0 Å². The molecule has 10 heteroatoms. The summed E-state index contributed by atoms with van der Waals surface area (Å²) >= 11 is 0. The number of likely N-dealkylation sites (tertiary alicyclic amines) is 1. The molecule has 0 unspecified atom stereocenters. The Hall–Kier alpha value is -4.10. The van der Waals surface area contributed by atoms with E-state index in [1.54, 1.807) is 41.9 Å². The van der Waals surface area contributed by atoms with Crippen LogP contribution in [0.25, 0.3) is 32.8 Å². The molecular weight excluding hydrogens is 452 g/mol. The van der Waals surface area contributed by atoms with Crippen LogP contribution in [0.15, 0.2) is 36.5 Å². The fraction of sp³-hybridized carbons (Fsp3) is 0.280. The van der Waals surface area contributed by atoms with Gasteiger partial charge in [-0.25, -0.2) is 18.6 Å². The topological polar surface area (TPSA) is 86.3 Å². The van der Waals surface area contributed by atoms with Gasteiger partial charge >= 0.3 is 0 Å². The number of halogens is 2. The molecule has 0 radical (unpaired) electrons. The molecule has 1 atom stereocenters. The lowest BCUT2D eigenvalue weighted by Gasteiger charge is -2.30. The molecule has 1 aliphatic heterocycles. The average Bonchev–Trinajstić information content (AvgIpc) is 3.36. The van der Waals surface area contributed by atoms with Crippen molar-refractivity contribution < 1.29 is 13.6 Å². The number of nitrogens with zero attached hydrogens (tertiary/aromatic N) is 6. The van der Waals surface area contributed by atoms with Crippen molar-refractivity contribution in [2.24, 2.45) is 12.8 Å². The molecule has 2 aromatic carbocycles. The maximum absolute atomic E-state index is 15.4. The Balaban J connectivity index is 1.72. The summed E-state index contributed by atoms with van der Waals surface area (Å²) in [5.41, 5.74) is 7.47. The summed E-state index contributed by atoms with van der Waals surface area (Å²) in [6.45, 7) is 9.76. The third-order valence-corrected chi connectivity index (χ3v) is 6.31. The van der Waals surface area contributed by atoms with Crippen LogP contribution in [0.4, 0.5) is 14.5 Å². The standard InChI is InChI=1S/C25H23F2N7O/c1-14-23(25(35)33-8-4-5-17(28)13-33)30-24(15-6-7-20(29-2)18(26)9-15)34(14)22-10-16-12-32(3)31-21(16)11-19(22)27/h6-7,9-12,17H,4-5,8,13,28H2,1,3H3/t17-/m1/s1. The number of hydrogen-bond donors (Lipinski definition) is 1. The van der Waals surface area contributed by atoms with E-state index in [9.17, 15) is 9.18 Å². The molecule has 3 heterocycles. The summed E-state index contributed by atoms with van der Waals surface area (Å²) in [5, 5.41) is 4.95. The quantitative estimate of drug-likeness (QED) is 0.452. The van der Waals surface area contributed by atoms with Crippen molar-refractivity contribution in [3.8, 4) is 17.1 Å². The van der Waals surface area contributed by atoms with Gasteiger partial charge in [0.25, 0.3) is 5.91 Å². The van der Waals surface area contributed by atoms with Gasteiger partial charge in [0.2, 0.25) is 5.69 Å². The molecule has 1 saturated heterocycles. The number of benzene rings is 2. The van der Waals surface area contributed by atoms with Crippen molar-refractivity contribution in [1.29, 1.82) is 0 Å². The fourth-order valence-corrected chi connectivity index (χ4v) is 4.60. The predicted octanol–water partition coefficient (Wildman–Crippen LogP) is 4.13. The van der Waals surface area contributed by atoms with Crippen molar-refractivity contribution in [3.63, 3.8) is 0 Å². The maximum Gasteiger partial charge on any atom is 0.274 e. The van der Waals surface area contributed by atoms with Crippen LogP contribution in [-0.2, 0) is 7.05 Å². The van der Waals surface area contributed by atoms with Gasteiger partial charge in [-0.05, 0) is 31.9 Å². The summed E-state index contributed by atoms with van der Waals surface area (Å²) < 4.78 is 33.0. The number of aryl methyl sites for hydroxylation is 1. The van der Waals surface area contributed by atoms with Crippen molar-refractivity contribution in [2.45, 2.75) is 25.8 Å². The molecule has 0 spiro atoms. The first-order valence-electron chi connectivity index (χ1n) is 11.2. The summed E-state index contributed by atoms with van der Waals surface area (Å²) in [4.78, 5) is 22.8. The minimum Gasteiger partial charge on any atom is -0.336 e. The molecule has 1 fully saturated rings. The lowest BCUT2D eigenvalue weighted by atomic mass is 10.1. The monoisotopic (exact) mass is 475 g/mol. The maximum atomic E-state index is 15.4. The number of fused-ring (bicyclic) bond motifs is 1. The molecule has 1 amide bonds. The van der Waals surface area contributed by atoms with Crippen LogP contribution in [0.5, 0.6) is 0 Å². The lowest BCUT2D eigenvalue weighted by molar-refractivity contribution is 0.0702. The summed E-state index contributed by atoms with van der Waals surface area (Å²) in [5.74, 6) is -1.39. The number of carbonyl (C=O) groups is 1. The molecule has 178 valence electrons. The molecule has 35 heavy (non-hydrogen) atoms. The van der Waals surface area contributed by atoms with Gasteiger partial charge < -0.3 is 10.6 Å². The van der Waals surface area contributed by atoms with E-state index in [0.29, 0.717) is 35.2 Å². The van der Waals surface area contributed by atoms with Crippen molar-refractivity contribution in [2.75, 3.05) is 13.1 Å². The second-order valence-corrected chi connectivity index (χ2v) is 8.80. The molecule has 1 aliphatic rings. The van der Waals surface area contributed by atoms with Gasteiger partial charge in [-0.2, -0.15) is 5.10 Å². The summed E-state index contributed by atoms with van der Waals surface area (Å²) in [7, 11) is 1.74. The van der Waals surface area contributed by atoms with E-state index >= 15 is 4.39 Å². The predicted molar refractivity (Wildman–Crippen MR) is 127 cm³/mol. The van der Waals surface area contributed by atoms with Crippen LogP contribution in [0.2, 0.25) is 0 Å². The van der Waals surface area contributed by atoms with E-state index in [2.05, 4.69) is 14.9 Å². The Bertz CT molecular complexity index is 1510. The smallest absolute Gasteiger partial charge is 0.274 e. The molecule has 5 rings (SSSR count). The van der Waals surface area contributed by atoms with Gasteiger partial charge in [-0.3, -0.25) is 14.0 Å². The summed E-state index contributed by atoms with van der Waals surface area (Å²) in [6, 6.07) is 6.90. The van der Waals surface area contributed by atoms with E-state index in [0.717, 1.165) is 12.8 Å². The number of carbonyl (C=O) groups excluding carboxylic acids is 1. The number of nitrogens with two attached hydrogens (primary N) is 1. The molecule has 2 aromatic heterocycles. The molecule has 0 saturated carbocycles. The first kappa shape index (κ1) is 22.7. The first-order valence-corrected chi connectivity index (χ1v) is 11.2. The highest BCUT2D eigenvalue weighted by molar-refractivity contribution is 5.95. The van der Waals surface area contributed by atoms with Gasteiger partial charge in [-0.15, -0.1) is 0 Å². The number of aromatic nitrogens is 4. The minimum atomic E-state index is -0.720. The van der Waals surface area contributed by atoms with Gasteiger partial charge in [-0.1, -0.05) is 12.1 Å². The Morgan fingerprint density at radius 1 is 1.23 bits per heavy atom. The highest BCUT2D eigenvalue weighted by atomic mass is 19.1. The first-order chi connectivity index (χ1) is 16.8. The molecule has 4 aromatic rings. The highest BCUT2D eigenvalue weighted by Crippen LogP contribution is 2.32. The zero-order chi connectivity index (χ0) is 24.9. The van der Waals surface area contributed by atoms with Gasteiger partial charge in [0, 0.05) is 49.4 Å². The van der Waals surface area contributed by atoms with Crippen molar-refractivity contribution in [3.05, 3.63) is 71.0 Å². The Morgan fingerprint density at radius 2 is 2.03 bits per heavy atom.